The number of anilines is 2. The molecular weight excluding hydrogens is 437 g/mol. The molecule has 0 unspecified atom stereocenters. The van der Waals surface area contributed by atoms with Crippen molar-refractivity contribution in [2.24, 2.45) is 0 Å². The number of alkyl halides is 2. The number of amides is 1. The van der Waals surface area contributed by atoms with Crippen molar-refractivity contribution >= 4 is 17.8 Å². The zero-order valence-electron chi connectivity index (χ0n) is 17.2. The van der Waals surface area contributed by atoms with Gasteiger partial charge in [-0.3, -0.25) is 14.8 Å². The van der Waals surface area contributed by atoms with E-state index >= 15 is 0 Å². The molecule has 0 saturated heterocycles. The summed E-state index contributed by atoms with van der Waals surface area (Å²) < 4.78 is 45.1. The van der Waals surface area contributed by atoms with Crippen molar-refractivity contribution in [3.63, 3.8) is 0 Å². The zero-order valence-corrected chi connectivity index (χ0v) is 17.2. The van der Waals surface area contributed by atoms with E-state index in [9.17, 15) is 18.0 Å². The van der Waals surface area contributed by atoms with Crippen LogP contribution in [0.3, 0.4) is 0 Å². The molecule has 33 heavy (non-hydrogen) atoms. The van der Waals surface area contributed by atoms with Gasteiger partial charge in [0.1, 0.15) is 5.82 Å². The fourth-order valence-electron chi connectivity index (χ4n) is 3.22. The first-order chi connectivity index (χ1) is 16.0. The smallest absolute Gasteiger partial charge is 0.314 e. The lowest BCUT2D eigenvalue weighted by atomic mass is 10.0. The van der Waals surface area contributed by atoms with Crippen LogP contribution in [0.1, 0.15) is 18.0 Å². The van der Waals surface area contributed by atoms with Crippen LogP contribution in [0.2, 0.25) is 0 Å². The van der Waals surface area contributed by atoms with Gasteiger partial charge in [0.05, 0.1) is 29.2 Å². The number of nitrogens with zero attached hydrogens (tertiary/aromatic N) is 5. The molecule has 168 valence electrons. The monoisotopic (exact) mass is 454 g/mol. The van der Waals surface area contributed by atoms with E-state index in [0.29, 0.717) is 40.2 Å². The Morgan fingerprint density at radius 3 is 2.55 bits per heavy atom. The molecule has 0 fully saturated rings. The van der Waals surface area contributed by atoms with Gasteiger partial charge in [-0.25, -0.2) is 4.39 Å². The molecule has 0 aliphatic carbocycles. The Bertz CT molecular complexity index is 1250. The third-order valence-corrected chi connectivity index (χ3v) is 4.80. The van der Waals surface area contributed by atoms with Crippen LogP contribution >= 0.6 is 0 Å². The van der Waals surface area contributed by atoms with Crippen LogP contribution in [0.4, 0.5) is 24.5 Å². The quantitative estimate of drug-likeness (QED) is 0.392. The summed E-state index contributed by atoms with van der Waals surface area (Å²) in [4.78, 5) is 21.1. The molecule has 0 spiro atoms. The second-order valence-corrected chi connectivity index (χ2v) is 6.99. The summed E-state index contributed by atoms with van der Waals surface area (Å²) in [6.45, 7) is 0.272. The van der Waals surface area contributed by atoms with Crippen molar-refractivity contribution in [2.45, 2.75) is 13.0 Å². The minimum atomic E-state index is -2.85. The Morgan fingerprint density at radius 2 is 1.91 bits per heavy atom. The van der Waals surface area contributed by atoms with Gasteiger partial charge in [-0.05, 0) is 42.0 Å². The van der Waals surface area contributed by atoms with Gasteiger partial charge >= 0.3 is 6.43 Å². The van der Waals surface area contributed by atoms with E-state index in [1.54, 1.807) is 54.7 Å². The van der Waals surface area contributed by atoms with E-state index in [4.69, 9.17) is 4.42 Å². The van der Waals surface area contributed by atoms with Gasteiger partial charge in [-0.2, -0.15) is 8.78 Å². The summed E-state index contributed by atoms with van der Waals surface area (Å²) in [7, 11) is 1.72. The van der Waals surface area contributed by atoms with E-state index in [1.807, 2.05) is 0 Å². The molecule has 0 atom stereocenters. The maximum atomic E-state index is 14.9. The van der Waals surface area contributed by atoms with Crippen LogP contribution in [-0.2, 0) is 11.3 Å². The summed E-state index contributed by atoms with van der Waals surface area (Å²) in [5.74, 6) is -1.29. The number of hydrogen-bond acceptors (Lipinski definition) is 7. The van der Waals surface area contributed by atoms with Crippen molar-refractivity contribution < 1.29 is 22.4 Å². The second kappa shape index (κ2) is 9.47. The first-order valence-electron chi connectivity index (χ1n) is 9.68. The first-order valence-corrected chi connectivity index (χ1v) is 9.68. The average Bonchev–Trinajstić information content (AvgIpc) is 3.32. The lowest BCUT2D eigenvalue weighted by Gasteiger charge is -2.23. The van der Waals surface area contributed by atoms with Gasteiger partial charge in [0.2, 0.25) is 12.3 Å². The fraction of sp³-hybridized carbons (Fsp3) is 0.136. The second-order valence-electron chi connectivity index (χ2n) is 6.99. The van der Waals surface area contributed by atoms with Crippen LogP contribution in [0, 0.1) is 5.82 Å². The third kappa shape index (κ3) is 4.81. The first kappa shape index (κ1) is 21.9. The molecule has 11 heteroatoms. The maximum Gasteiger partial charge on any atom is 0.314 e. The van der Waals surface area contributed by atoms with Gasteiger partial charge in [-0.1, -0.05) is 0 Å². The Labute approximate surface area is 186 Å². The summed E-state index contributed by atoms with van der Waals surface area (Å²) >= 11 is 0. The molecular formula is C22H17F3N6O2. The van der Waals surface area contributed by atoms with Crippen LogP contribution < -0.4 is 10.2 Å². The highest BCUT2D eigenvalue weighted by Gasteiger charge is 2.18. The summed E-state index contributed by atoms with van der Waals surface area (Å²) in [5.41, 5.74) is 2.80. The van der Waals surface area contributed by atoms with Gasteiger partial charge in [0.15, 0.2) is 0 Å². The van der Waals surface area contributed by atoms with Crippen molar-refractivity contribution in [3.8, 4) is 22.6 Å². The van der Waals surface area contributed by atoms with Crippen molar-refractivity contribution in [2.75, 3.05) is 17.3 Å². The van der Waals surface area contributed by atoms with Crippen molar-refractivity contribution in [1.29, 1.82) is 0 Å². The predicted molar refractivity (Wildman–Crippen MR) is 114 cm³/mol. The SMILES string of the molecule is CN(Cc1ccc(-c2nnc(C(F)F)o2)cn1)c1cc(F)c(-c2ccncc2)cc1NC=O. The van der Waals surface area contributed by atoms with Crippen LogP contribution in [0.25, 0.3) is 22.6 Å². The minimum Gasteiger partial charge on any atom is -0.415 e. The maximum absolute atomic E-state index is 14.9. The number of rotatable bonds is 8. The fourth-order valence-corrected chi connectivity index (χ4v) is 3.22. The molecule has 1 N–H and O–H groups in total. The summed E-state index contributed by atoms with van der Waals surface area (Å²) in [5, 5.41) is 9.49. The molecule has 3 aromatic heterocycles. The Balaban J connectivity index is 1.56. The lowest BCUT2D eigenvalue weighted by Crippen LogP contribution is -2.19. The number of nitrogens with one attached hydrogen (secondary N) is 1. The Kier molecular flexibility index (Phi) is 6.29. The molecule has 4 aromatic rings. The van der Waals surface area contributed by atoms with E-state index < -0.39 is 18.1 Å². The van der Waals surface area contributed by atoms with Crippen molar-refractivity contribution in [3.05, 3.63) is 72.4 Å². The largest absolute Gasteiger partial charge is 0.415 e. The molecule has 0 aliphatic heterocycles. The number of hydrogen-bond donors (Lipinski definition) is 1. The van der Waals surface area contributed by atoms with Gasteiger partial charge in [0, 0.05) is 31.2 Å². The van der Waals surface area contributed by atoms with Crippen LogP contribution in [0.15, 0.2) is 59.4 Å². The van der Waals surface area contributed by atoms with E-state index in [1.165, 1.54) is 12.3 Å². The number of pyridine rings is 2. The topological polar surface area (TPSA) is 97.0 Å². The highest BCUT2D eigenvalue weighted by atomic mass is 19.3. The highest BCUT2D eigenvalue weighted by molar-refractivity contribution is 5.85. The lowest BCUT2D eigenvalue weighted by molar-refractivity contribution is -0.105. The minimum absolute atomic E-state index is 0.0658. The van der Waals surface area contributed by atoms with Crippen LogP contribution in [0.5, 0.6) is 0 Å². The van der Waals surface area contributed by atoms with E-state index in [-0.39, 0.29) is 12.4 Å². The standard InChI is InChI=1S/C22H17F3N6O2/c1-31(11-15-3-2-14(10-27-15)21-29-30-22(33-21)20(24)25)19-9-17(23)16(8-18(19)28-12-32)13-4-6-26-7-5-13/h2-10,12,20H,11H2,1H3,(H,28,32). The molecule has 1 aromatic carbocycles. The molecule has 3 heterocycles. The van der Waals surface area contributed by atoms with E-state index in [0.717, 1.165) is 0 Å². The molecule has 0 aliphatic rings. The third-order valence-electron chi connectivity index (χ3n) is 4.80. The highest BCUT2D eigenvalue weighted by Crippen LogP contribution is 2.34. The summed E-state index contributed by atoms with van der Waals surface area (Å²) in [6.07, 6.45) is 2.20. The molecule has 4 rings (SSSR count). The normalized spacial score (nSPS) is 10.9. The Hall–Kier alpha value is -4.28. The van der Waals surface area contributed by atoms with Gasteiger partial charge in [-0.15, -0.1) is 10.2 Å². The molecule has 0 saturated carbocycles. The van der Waals surface area contributed by atoms with Gasteiger partial charge in [0.25, 0.3) is 5.89 Å². The molecule has 1 amide bonds. The van der Waals surface area contributed by atoms with Crippen LogP contribution in [-0.4, -0.2) is 33.6 Å². The number of halogens is 3. The molecule has 0 bridgehead atoms. The zero-order chi connectivity index (χ0) is 23.4. The number of carbonyl (C=O) groups is 1. The average molecular weight is 454 g/mol. The molecule has 8 nitrogen and oxygen atoms in total. The molecule has 0 radical (unpaired) electrons. The van der Waals surface area contributed by atoms with Gasteiger partial charge < -0.3 is 14.6 Å². The van der Waals surface area contributed by atoms with Crippen molar-refractivity contribution in [1.82, 2.24) is 20.2 Å². The number of aromatic nitrogens is 4. The summed E-state index contributed by atoms with van der Waals surface area (Å²) in [6, 6.07) is 9.50. The number of benzene rings is 1. The number of carbonyl (C=O) groups excluding carboxylic acids is 1. The Morgan fingerprint density at radius 1 is 1.12 bits per heavy atom. The predicted octanol–water partition coefficient (Wildman–Crippen LogP) is 4.48. The van der Waals surface area contributed by atoms with E-state index in [2.05, 4.69) is 25.5 Å².